The molecule has 0 amide bonds. The van der Waals surface area contributed by atoms with E-state index >= 15 is 0 Å². The maximum atomic E-state index is 3.49. The quantitative estimate of drug-likeness (QED) is 0.457. The Bertz CT molecular complexity index is 320. The van der Waals surface area contributed by atoms with Crippen molar-refractivity contribution in [1.29, 1.82) is 0 Å². The molecule has 0 aliphatic carbocycles. The third kappa shape index (κ3) is 9.68. The molecule has 1 aromatic rings. The van der Waals surface area contributed by atoms with E-state index in [9.17, 15) is 0 Å². The highest BCUT2D eigenvalue weighted by Gasteiger charge is 2.06. The van der Waals surface area contributed by atoms with Gasteiger partial charge in [-0.1, -0.05) is 88.6 Å². The first-order chi connectivity index (χ1) is 10.4. The Morgan fingerprint density at radius 1 is 0.810 bits per heavy atom. The number of rotatable bonds is 13. The van der Waals surface area contributed by atoms with Crippen LogP contribution >= 0.6 is 0 Å². The summed E-state index contributed by atoms with van der Waals surface area (Å²) < 4.78 is 0. The van der Waals surface area contributed by atoms with Gasteiger partial charge in [-0.05, 0) is 31.9 Å². The first-order valence-electron chi connectivity index (χ1n) is 9.08. The van der Waals surface area contributed by atoms with E-state index in [4.69, 9.17) is 0 Å². The predicted molar refractivity (Wildman–Crippen MR) is 94.8 cm³/mol. The highest BCUT2D eigenvalue weighted by atomic mass is 14.9. The van der Waals surface area contributed by atoms with Gasteiger partial charge in [0.1, 0.15) is 0 Å². The van der Waals surface area contributed by atoms with Crippen LogP contribution in [-0.4, -0.2) is 13.1 Å². The normalized spacial score (nSPS) is 12.5. The molecule has 21 heavy (non-hydrogen) atoms. The van der Waals surface area contributed by atoms with Crippen LogP contribution in [0.4, 0.5) is 0 Å². The molecule has 0 radical (unpaired) electrons. The van der Waals surface area contributed by atoms with Gasteiger partial charge in [0, 0.05) is 6.04 Å². The molecule has 120 valence electrons. The molecular weight excluding hydrogens is 254 g/mol. The lowest BCUT2D eigenvalue weighted by Crippen LogP contribution is -2.25. The number of nitrogens with one attached hydrogen (secondary N) is 1. The van der Waals surface area contributed by atoms with Crippen molar-refractivity contribution in [2.24, 2.45) is 0 Å². The summed E-state index contributed by atoms with van der Waals surface area (Å²) in [6, 6.07) is 11.5. The minimum atomic E-state index is 0.685. The summed E-state index contributed by atoms with van der Waals surface area (Å²) in [4.78, 5) is 0. The van der Waals surface area contributed by atoms with Gasteiger partial charge in [0.15, 0.2) is 0 Å². The van der Waals surface area contributed by atoms with Crippen LogP contribution in [0.5, 0.6) is 0 Å². The van der Waals surface area contributed by atoms with E-state index in [-0.39, 0.29) is 0 Å². The summed E-state index contributed by atoms with van der Waals surface area (Å²) in [7, 11) is 2.11. The second-order valence-corrected chi connectivity index (χ2v) is 6.27. The second-order valence-electron chi connectivity index (χ2n) is 6.27. The fourth-order valence-electron chi connectivity index (χ4n) is 2.94. The molecule has 0 heterocycles. The van der Waals surface area contributed by atoms with E-state index in [1.165, 1.54) is 76.2 Å². The Morgan fingerprint density at radius 3 is 2.05 bits per heavy atom. The summed E-state index contributed by atoms with van der Waals surface area (Å²) in [5.41, 5.74) is 1.47. The van der Waals surface area contributed by atoms with Crippen LogP contribution in [0.3, 0.4) is 0 Å². The van der Waals surface area contributed by atoms with Gasteiger partial charge in [-0.2, -0.15) is 0 Å². The van der Waals surface area contributed by atoms with Gasteiger partial charge in [-0.3, -0.25) is 0 Å². The molecule has 1 atom stereocenters. The van der Waals surface area contributed by atoms with Crippen LogP contribution in [0.1, 0.15) is 76.7 Å². The van der Waals surface area contributed by atoms with Gasteiger partial charge >= 0.3 is 0 Å². The van der Waals surface area contributed by atoms with Crippen LogP contribution < -0.4 is 5.32 Å². The summed E-state index contributed by atoms with van der Waals surface area (Å²) in [5, 5.41) is 3.49. The summed E-state index contributed by atoms with van der Waals surface area (Å²) in [6.07, 6.45) is 15.1. The van der Waals surface area contributed by atoms with Crippen molar-refractivity contribution in [2.45, 2.75) is 83.6 Å². The van der Waals surface area contributed by atoms with Gasteiger partial charge in [-0.25, -0.2) is 0 Å². The van der Waals surface area contributed by atoms with Gasteiger partial charge < -0.3 is 5.32 Å². The van der Waals surface area contributed by atoms with Crippen molar-refractivity contribution < 1.29 is 0 Å². The first-order valence-corrected chi connectivity index (χ1v) is 9.08. The van der Waals surface area contributed by atoms with E-state index in [0.717, 1.165) is 0 Å². The largest absolute Gasteiger partial charge is 0.317 e. The van der Waals surface area contributed by atoms with Gasteiger partial charge in [0.2, 0.25) is 0 Å². The van der Waals surface area contributed by atoms with Crippen molar-refractivity contribution in [1.82, 2.24) is 5.32 Å². The first kappa shape index (κ1) is 18.2. The predicted octanol–water partition coefficient (Wildman–Crippen LogP) is 5.74. The van der Waals surface area contributed by atoms with Crippen molar-refractivity contribution in [3.05, 3.63) is 35.9 Å². The summed E-state index contributed by atoms with van der Waals surface area (Å²) >= 11 is 0. The molecule has 1 unspecified atom stereocenters. The second kappa shape index (κ2) is 12.9. The van der Waals surface area contributed by atoms with Crippen molar-refractivity contribution in [3.63, 3.8) is 0 Å². The molecule has 1 aromatic carbocycles. The van der Waals surface area contributed by atoms with Crippen LogP contribution in [0, 0.1) is 0 Å². The lowest BCUT2D eigenvalue weighted by atomic mass is 9.99. The molecule has 0 aromatic heterocycles. The van der Waals surface area contributed by atoms with Crippen LogP contribution in [0.25, 0.3) is 0 Å². The molecular formula is C20H35N. The van der Waals surface area contributed by atoms with E-state index in [0.29, 0.717) is 6.04 Å². The number of aryl methyl sites for hydroxylation is 1. The van der Waals surface area contributed by atoms with Gasteiger partial charge in [0.25, 0.3) is 0 Å². The lowest BCUT2D eigenvalue weighted by Gasteiger charge is -2.16. The Kier molecular flexibility index (Phi) is 11.2. The molecule has 0 saturated heterocycles. The molecule has 1 rings (SSSR count). The smallest absolute Gasteiger partial charge is 0.00672 e. The molecule has 1 heteroatoms. The SMILES string of the molecule is CCCCCCCCCCC(CCc1ccccc1)NC. The zero-order valence-electron chi connectivity index (χ0n) is 14.2. The number of hydrogen-bond acceptors (Lipinski definition) is 1. The van der Waals surface area contributed by atoms with Crippen molar-refractivity contribution >= 4 is 0 Å². The zero-order valence-corrected chi connectivity index (χ0v) is 14.2. The highest BCUT2D eigenvalue weighted by Crippen LogP contribution is 2.13. The van der Waals surface area contributed by atoms with E-state index in [1.54, 1.807) is 0 Å². The lowest BCUT2D eigenvalue weighted by molar-refractivity contribution is 0.456. The third-order valence-electron chi connectivity index (χ3n) is 4.44. The molecule has 1 N–H and O–H groups in total. The topological polar surface area (TPSA) is 12.0 Å². The van der Waals surface area contributed by atoms with Crippen molar-refractivity contribution in [3.8, 4) is 0 Å². The number of hydrogen-bond donors (Lipinski definition) is 1. The maximum Gasteiger partial charge on any atom is 0.00672 e. The Morgan fingerprint density at radius 2 is 1.43 bits per heavy atom. The minimum Gasteiger partial charge on any atom is -0.317 e. The van der Waals surface area contributed by atoms with Gasteiger partial charge in [0.05, 0.1) is 0 Å². The molecule has 0 bridgehead atoms. The fraction of sp³-hybridized carbons (Fsp3) is 0.700. The van der Waals surface area contributed by atoms with Crippen LogP contribution in [0.2, 0.25) is 0 Å². The Balaban J connectivity index is 2.01. The van der Waals surface area contributed by atoms with Crippen LogP contribution in [-0.2, 0) is 6.42 Å². The van der Waals surface area contributed by atoms with Gasteiger partial charge in [-0.15, -0.1) is 0 Å². The molecule has 0 fully saturated rings. The third-order valence-corrected chi connectivity index (χ3v) is 4.44. The molecule has 0 spiro atoms. The fourth-order valence-corrected chi connectivity index (χ4v) is 2.94. The zero-order chi connectivity index (χ0) is 15.2. The Labute approximate surface area is 132 Å². The molecule has 0 aliphatic heterocycles. The standard InChI is InChI=1S/C20H35N/c1-3-4-5-6-7-8-9-13-16-20(21-2)18-17-19-14-11-10-12-15-19/h10-12,14-15,20-21H,3-9,13,16-18H2,1-2H3. The van der Waals surface area contributed by atoms with E-state index in [2.05, 4.69) is 49.6 Å². The minimum absolute atomic E-state index is 0.685. The number of unbranched alkanes of at least 4 members (excludes halogenated alkanes) is 7. The molecule has 0 saturated carbocycles. The summed E-state index contributed by atoms with van der Waals surface area (Å²) in [6.45, 7) is 2.29. The molecule has 0 aliphatic rings. The van der Waals surface area contributed by atoms with Crippen LogP contribution in [0.15, 0.2) is 30.3 Å². The van der Waals surface area contributed by atoms with E-state index in [1.807, 2.05) is 0 Å². The monoisotopic (exact) mass is 289 g/mol. The Hall–Kier alpha value is -0.820. The number of benzene rings is 1. The maximum absolute atomic E-state index is 3.49. The van der Waals surface area contributed by atoms with E-state index < -0.39 is 0 Å². The summed E-state index contributed by atoms with van der Waals surface area (Å²) in [5.74, 6) is 0. The average molecular weight is 290 g/mol. The molecule has 1 nitrogen and oxygen atoms in total. The average Bonchev–Trinajstić information content (AvgIpc) is 2.54. The highest BCUT2D eigenvalue weighted by molar-refractivity contribution is 5.14. The van der Waals surface area contributed by atoms with Crippen molar-refractivity contribution in [2.75, 3.05) is 7.05 Å².